The van der Waals surface area contributed by atoms with Crippen LogP contribution in [0.1, 0.15) is 31.7 Å². The Morgan fingerprint density at radius 3 is 2.42 bits per heavy atom. The van der Waals surface area contributed by atoms with Gasteiger partial charge in [0.25, 0.3) is 0 Å². The summed E-state index contributed by atoms with van der Waals surface area (Å²) in [6.07, 6.45) is 2.20. The Kier molecular flexibility index (Phi) is 8.07. The largest absolute Gasteiger partial charge is 0.378 e. The number of halogens is 2. The third-order valence-electron chi connectivity index (χ3n) is 5.56. The minimum Gasteiger partial charge on any atom is -0.378 e. The maximum atomic E-state index is 11.7. The van der Waals surface area contributed by atoms with Crippen LogP contribution in [0.3, 0.4) is 0 Å². The van der Waals surface area contributed by atoms with E-state index in [-0.39, 0.29) is 11.6 Å². The van der Waals surface area contributed by atoms with Crippen molar-refractivity contribution in [1.82, 2.24) is 9.88 Å². The van der Waals surface area contributed by atoms with Crippen molar-refractivity contribution in [2.24, 2.45) is 0 Å². The zero-order chi connectivity index (χ0) is 22.4. The third-order valence-corrected chi connectivity index (χ3v) is 6.05. The average molecular weight is 461 g/mol. The number of nitrogens with zero attached hydrogens (tertiary/aromatic N) is 3. The Balaban J connectivity index is 1.91. The van der Waals surface area contributed by atoms with Crippen LogP contribution in [0.15, 0.2) is 48.7 Å². The van der Waals surface area contributed by atoms with Crippen LogP contribution in [-0.2, 0) is 0 Å². The van der Waals surface area contributed by atoms with E-state index in [0.29, 0.717) is 33.2 Å². The number of pyridine rings is 1. The van der Waals surface area contributed by atoms with E-state index in [1.165, 1.54) is 6.20 Å². The van der Waals surface area contributed by atoms with E-state index in [2.05, 4.69) is 29.0 Å². The SMILES string of the molecule is CCN(CC)CCC(CNc1c([N+](=O)[O-])cnc2cc(Cl)ccc12)c1ccc(Cl)cc1. The standard InChI is InChI=1S/C23H26Cl2N4O2/c1-3-28(4-2)12-11-17(16-5-7-18(24)8-6-16)14-27-23-20-10-9-19(25)13-21(20)26-15-22(23)29(30)31/h5-10,13,15,17H,3-4,11-12,14H2,1-2H3,(H,26,27). The highest BCUT2D eigenvalue weighted by Crippen LogP contribution is 2.34. The molecule has 0 fully saturated rings. The molecule has 1 atom stereocenters. The molecule has 31 heavy (non-hydrogen) atoms. The van der Waals surface area contributed by atoms with Crippen molar-refractivity contribution >= 4 is 45.5 Å². The van der Waals surface area contributed by atoms with Crippen molar-refractivity contribution in [1.29, 1.82) is 0 Å². The Bertz CT molecular complexity index is 1040. The number of hydrogen-bond acceptors (Lipinski definition) is 5. The van der Waals surface area contributed by atoms with Gasteiger partial charge in [0.1, 0.15) is 11.9 Å². The van der Waals surface area contributed by atoms with Gasteiger partial charge in [-0.15, -0.1) is 0 Å². The van der Waals surface area contributed by atoms with Crippen LogP contribution in [-0.4, -0.2) is 41.0 Å². The normalized spacial score (nSPS) is 12.3. The fourth-order valence-electron chi connectivity index (χ4n) is 3.71. The van der Waals surface area contributed by atoms with Crippen molar-refractivity contribution in [3.63, 3.8) is 0 Å². The van der Waals surface area contributed by atoms with Gasteiger partial charge in [0, 0.05) is 27.9 Å². The molecule has 3 rings (SSSR count). The average Bonchev–Trinajstić information content (AvgIpc) is 2.76. The predicted octanol–water partition coefficient (Wildman–Crippen LogP) is 6.38. The molecule has 0 amide bonds. The van der Waals surface area contributed by atoms with Gasteiger partial charge in [-0.3, -0.25) is 10.1 Å². The summed E-state index contributed by atoms with van der Waals surface area (Å²) in [5.41, 5.74) is 2.18. The smallest absolute Gasteiger partial charge is 0.311 e. The monoisotopic (exact) mass is 460 g/mol. The molecule has 0 spiro atoms. The highest BCUT2D eigenvalue weighted by atomic mass is 35.5. The summed E-state index contributed by atoms with van der Waals surface area (Å²) >= 11 is 12.2. The second-order valence-corrected chi connectivity index (χ2v) is 8.25. The van der Waals surface area contributed by atoms with Crippen molar-refractivity contribution < 1.29 is 4.92 Å². The summed E-state index contributed by atoms with van der Waals surface area (Å²) in [5.74, 6) is 0.160. The summed E-state index contributed by atoms with van der Waals surface area (Å²) in [5, 5.41) is 16.9. The van der Waals surface area contributed by atoms with Crippen molar-refractivity contribution in [3.05, 3.63) is 74.4 Å². The number of hydrogen-bond donors (Lipinski definition) is 1. The van der Waals surface area contributed by atoms with Crippen molar-refractivity contribution in [2.75, 3.05) is 31.5 Å². The summed E-state index contributed by atoms with van der Waals surface area (Å²) in [4.78, 5) is 17.8. The zero-order valence-corrected chi connectivity index (χ0v) is 19.2. The van der Waals surface area contributed by atoms with Crippen molar-refractivity contribution in [2.45, 2.75) is 26.2 Å². The maximum absolute atomic E-state index is 11.7. The fourth-order valence-corrected chi connectivity index (χ4v) is 4.00. The molecule has 1 heterocycles. The van der Waals surface area contributed by atoms with Gasteiger partial charge in [-0.05, 0) is 62.0 Å². The molecule has 0 saturated carbocycles. The molecule has 3 aromatic rings. The molecule has 0 aliphatic heterocycles. The first-order valence-electron chi connectivity index (χ1n) is 10.4. The Labute approximate surface area is 192 Å². The summed E-state index contributed by atoms with van der Waals surface area (Å²) < 4.78 is 0. The number of nitrogens with one attached hydrogen (secondary N) is 1. The quantitative estimate of drug-likeness (QED) is 0.280. The van der Waals surface area contributed by atoms with Gasteiger partial charge in [0.05, 0.1) is 10.4 Å². The first kappa shape index (κ1) is 23.3. The Morgan fingerprint density at radius 1 is 1.10 bits per heavy atom. The lowest BCUT2D eigenvalue weighted by atomic mass is 9.95. The van der Waals surface area contributed by atoms with Gasteiger partial charge in [0.2, 0.25) is 0 Å². The van der Waals surface area contributed by atoms with Crippen molar-refractivity contribution in [3.8, 4) is 0 Å². The van der Waals surface area contributed by atoms with Gasteiger partial charge in [-0.1, -0.05) is 49.2 Å². The molecule has 0 saturated heterocycles. The lowest BCUT2D eigenvalue weighted by molar-refractivity contribution is -0.384. The van der Waals surface area contributed by atoms with Crippen LogP contribution < -0.4 is 5.32 Å². The first-order chi connectivity index (χ1) is 14.9. The summed E-state index contributed by atoms with van der Waals surface area (Å²) in [6.45, 7) is 7.76. The van der Waals surface area contributed by atoms with E-state index >= 15 is 0 Å². The molecule has 0 bridgehead atoms. The van der Waals surface area contributed by atoms with Gasteiger partial charge in [-0.25, -0.2) is 4.98 Å². The number of aromatic nitrogens is 1. The lowest BCUT2D eigenvalue weighted by Crippen LogP contribution is -2.27. The topological polar surface area (TPSA) is 71.3 Å². The Morgan fingerprint density at radius 2 is 1.77 bits per heavy atom. The van der Waals surface area contributed by atoms with Crippen LogP contribution >= 0.6 is 23.2 Å². The number of fused-ring (bicyclic) bond motifs is 1. The highest BCUT2D eigenvalue weighted by Gasteiger charge is 2.20. The molecular formula is C23H26Cl2N4O2. The molecule has 6 nitrogen and oxygen atoms in total. The van der Waals surface area contributed by atoms with E-state index in [1.54, 1.807) is 18.2 Å². The van der Waals surface area contributed by atoms with Crippen LogP contribution in [0.5, 0.6) is 0 Å². The number of nitro groups is 1. The van der Waals surface area contributed by atoms with Gasteiger partial charge >= 0.3 is 5.69 Å². The first-order valence-corrected chi connectivity index (χ1v) is 11.1. The minimum absolute atomic E-state index is 0.0478. The van der Waals surface area contributed by atoms with E-state index < -0.39 is 4.92 Å². The third kappa shape index (κ3) is 5.85. The predicted molar refractivity (Wildman–Crippen MR) is 128 cm³/mol. The van der Waals surface area contributed by atoms with Gasteiger partial charge < -0.3 is 10.2 Å². The van der Waals surface area contributed by atoms with Crippen LogP contribution in [0, 0.1) is 10.1 Å². The molecule has 164 valence electrons. The second-order valence-electron chi connectivity index (χ2n) is 7.38. The molecule has 1 aromatic heterocycles. The maximum Gasteiger partial charge on any atom is 0.311 e. The highest BCUT2D eigenvalue weighted by molar-refractivity contribution is 6.31. The van der Waals surface area contributed by atoms with Crippen LogP contribution in [0.25, 0.3) is 10.9 Å². The molecule has 1 unspecified atom stereocenters. The van der Waals surface area contributed by atoms with E-state index in [4.69, 9.17) is 23.2 Å². The lowest BCUT2D eigenvalue weighted by Gasteiger charge is -2.24. The van der Waals surface area contributed by atoms with E-state index in [1.807, 2.05) is 24.3 Å². The number of benzene rings is 2. The number of rotatable bonds is 10. The van der Waals surface area contributed by atoms with Gasteiger partial charge in [-0.2, -0.15) is 0 Å². The molecule has 1 N–H and O–H groups in total. The fraction of sp³-hybridized carbons (Fsp3) is 0.348. The summed E-state index contributed by atoms with van der Waals surface area (Å²) in [6, 6.07) is 13.0. The minimum atomic E-state index is -0.406. The Hall–Kier alpha value is -2.41. The molecule has 0 aliphatic carbocycles. The van der Waals surface area contributed by atoms with Crippen LogP contribution in [0.4, 0.5) is 11.4 Å². The van der Waals surface area contributed by atoms with E-state index in [0.717, 1.165) is 31.6 Å². The second kappa shape index (κ2) is 10.8. The molecule has 0 radical (unpaired) electrons. The zero-order valence-electron chi connectivity index (χ0n) is 17.6. The number of anilines is 1. The molecule has 2 aromatic carbocycles. The van der Waals surface area contributed by atoms with Gasteiger partial charge in [0.15, 0.2) is 0 Å². The summed E-state index contributed by atoms with van der Waals surface area (Å²) in [7, 11) is 0. The van der Waals surface area contributed by atoms with E-state index in [9.17, 15) is 10.1 Å². The molecular weight excluding hydrogens is 435 g/mol. The molecule has 0 aliphatic rings. The molecule has 8 heteroatoms. The van der Waals surface area contributed by atoms with Crippen LogP contribution in [0.2, 0.25) is 10.0 Å².